The van der Waals surface area contributed by atoms with Crippen LogP contribution >= 0.6 is 11.8 Å². The van der Waals surface area contributed by atoms with E-state index in [0.29, 0.717) is 12.2 Å². The van der Waals surface area contributed by atoms with Crippen molar-refractivity contribution in [3.63, 3.8) is 0 Å². The Morgan fingerprint density at radius 3 is 2.65 bits per heavy atom. The highest BCUT2D eigenvalue weighted by molar-refractivity contribution is 7.99. The Morgan fingerprint density at radius 2 is 2.05 bits per heavy atom. The van der Waals surface area contributed by atoms with Crippen LogP contribution in [0.1, 0.15) is 25.3 Å². The van der Waals surface area contributed by atoms with E-state index in [1.165, 1.54) is 0 Å². The van der Waals surface area contributed by atoms with Gasteiger partial charge in [-0.15, -0.1) is 11.8 Å². The second-order valence-corrected chi connectivity index (χ2v) is 6.51. The predicted molar refractivity (Wildman–Crippen MR) is 70.8 cm³/mol. The summed E-state index contributed by atoms with van der Waals surface area (Å²) in [5, 5.41) is 9.70. The van der Waals surface area contributed by atoms with Crippen LogP contribution in [0.25, 0.3) is 0 Å². The molecule has 2 rings (SSSR count). The van der Waals surface area contributed by atoms with Gasteiger partial charge >= 0.3 is 6.18 Å². The average molecular weight is 304 g/mol. The van der Waals surface area contributed by atoms with Crippen LogP contribution < -0.4 is 0 Å². The van der Waals surface area contributed by atoms with Gasteiger partial charge in [0, 0.05) is 11.3 Å². The summed E-state index contributed by atoms with van der Waals surface area (Å²) in [6.45, 7) is 1.67. The van der Waals surface area contributed by atoms with Gasteiger partial charge < -0.3 is 5.11 Å². The normalized spacial score (nSPS) is 25.6. The summed E-state index contributed by atoms with van der Waals surface area (Å²) < 4.78 is 38.8. The molecule has 0 spiro atoms. The first-order valence-electron chi connectivity index (χ1n) is 6.20. The van der Waals surface area contributed by atoms with Gasteiger partial charge in [-0.1, -0.05) is 25.1 Å². The summed E-state index contributed by atoms with van der Waals surface area (Å²) >= 11 is 1.58. The molecule has 1 N–H and O–H groups in total. The molecule has 0 saturated carbocycles. The molecule has 1 aromatic rings. The van der Waals surface area contributed by atoms with Gasteiger partial charge in [-0.05, 0) is 29.2 Å². The number of hydrogen-bond donors (Lipinski definition) is 1. The number of thioether (sulfide) groups is 1. The van der Waals surface area contributed by atoms with Crippen LogP contribution in [-0.2, 0) is 10.2 Å². The van der Waals surface area contributed by atoms with Crippen molar-refractivity contribution in [3.05, 3.63) is 29.8 Å². The minimum atomic E-state index is -4.96. The third kappa shape index (κ3) is 2.59. The van der Waals surface area contributed by atoms with Crippen LogP contribution in [0.5, 0.6) is 0 Å². The van der Waals surface area contributed by atoms with Gasteiger partial charge in [-0.3, -0.25) is 4.79 Å². The Hall–Kier alpha value is -1.01. The Kier molecular flexibility index (Phi) is 3.90. The van der Waals surface area contributed by atoms with E-state index in [9.17, 15) is 23.1 Å². The van der Waals surface area contributed by atoms with E-state index in [1.807, 2.05) is 12.1 Å². The predicted octanol–water partition coefficient (Wildman–Crippen LogP) is 3.32. The number of halogens is 3. The molecule has 1 aliphatic heterocycles. The number of benzene rings is 1. The first kappa shape index (κ1) is 15.4. The molecule has 2 nitrogen and oxygen atoms in total. The molecule has 0 bridgehead atoms. The lowest BCUT2D eigenvalue weighted by Gasteiger charge is -2.40. The SMILES string of the molecule is CC1(CC(O)(C=O)C(F)(F)F)CCSc2ccccc21. The summed E-state index contributed by atoms with van der Waals surface area (Å²) in [4.78, 5) is 11.7. The minimum absolute atomic E-state index is 0.386. The van der Waals surface area contributed by atoms with E-state index >= 15 is 0 Å². The highest BCUT2D eigenvalue weighted by atomic mass is 32.2. The molecule has 0 amide bonds. The summed E-state index contributed by atoms with van der Waals surface area (Å²) in [6.07, 6.45) is -5.51. The maximum atomic E-state index is 12.9. The van der Waals surface area contributed by atoms with Gasteiger partial charge in [0.15, 0.2) is 6.29 Å². The van der Waals surface area contributed by atoms with Crippen molar-refractivity contribution in [1.82, 2.24) is 0 Å². The van der Waals surface area contributed by atoms with Crippen molar-refractivity contribution in [2.75, 3.05) is 5.75 Å². The van der Waals surface area contributed by atoms with E-state index in [-0.39, 0.29) is 6.29 Å². The molecule has 0 radical (unpaired) electrons. The molecule has 110 valence electrons. The van der Waals surface area contributed by atoms with Gasteiger partial charge in [-0.2, -0.15) is 13.2 Å². The Bertz CT molecular complexity index is 517. The third-order valence-electron chi connectivity index (χ3n) is 3.79. The maximum absolute atomic E-state index is 12.9. The molecule has 2 atom stereocenters. The van der Waals surface area contributed by atoms with Crippen molar-refractivity contribution in [2.24, 2.45) is 0 Å². The van der Waals surface area contributed by atoms with Crippen molar-refractivity contribution in [1.29, 1.82) is 0 Å². The van der Waals surface area contributed by atoms with Crippen molar-refractivity contribution < 1.29 is 23.1 Å². The fourth-order valence-electron chi connectivity index (χ4n) is 2.60. The molecule has 0 fully saturated rings. The zero-order valence-corrected chi connectivity index (χ0v) is 11.7. The molecule has 0 aromatic heterocycles. The van der Waals surface area contributed by atoms with E-state index < -0.39 is 23.6 Å². The lowest BCUT2D eigenvalue weighted by molar-refractivity contribution is -0.250. The quantitative estimate of drug-likeness (QED) is 0.870. The third-order valence-corrected chi connectivity index (χ3v) is 4.87. The fraction of sp³-hybridized carbons (Fsp3) is 0.500. The van der Waals surface area contributed by atoms with Crippen LogP contribution in [-0.4, -0.2) is 28.9 Å². The van der Waals surface area contributed by atoms with Crippen molar-refractivity contribution in [3.8, 4) is 0 Å². The molecular formula is C14H15F3O2S. The maximum Gasteiger partial charge on any atom is 0.424 e. The van der Waals surface area contributed by atoms with E-state index in [0.717, 1.165) is 10.5 Å². The molecular weight excluding hydrogens is 289 g/mol. The number of carbonyl (C=O) groups excluding carboxylic acids is 1. The number of hydrogen-bond acceptors (Lipinski definition) is 3. The van der Waals surface area contributed by atoms with E-state index in [2.05, 4.69) is 0 Å². The summed E-state index contributed by atoms with van der Waals surface area (Å²) in [5.41, 5.74) is -3.40. The molecule has 1 aromatic carbocycles. The fourth-order valence-corrected chi connectivity index (χ4v) is 4.02. The second-order valence-electron chi connectivity index (χ2n) is 5.37. The Morgan fingerprint density at radius 1 is 1.40 bits per heavy atom. The molecule has 20 heavy (non-hydrogen) atoms. The topological polar surface area (TPSA) is 37.3 Å². The Labute approximate surface area is 119 Å². The summed E-state index contributed by atoms with van der Waals surface area (Å²) in [6, 6.07) is 7.21. The zero-order valence-electron chi connectivity index (χ0n) is 10.9. The minimum Gasteiger partial charge on any atom is -0.374 e. The van der Waals surface area contributed by atoms with Crippen LogP contribution in [0, 0.1) is 0 Å². The number of aldehydes is 1. The first-order chi connectivity index (χ1) is 9.22. The number of carbonyl (C=O) groups is 1. The van der Waals surface area contributed by atoms with E-state index in [1.54, 1.807) is 30.8 Å². The van der Waals surface area contributed by atoms with Gasteiger partial charge in [-0.25, -0.2) is 0 Å². The van der Waals surface area contributed by atoms with E-state index in [4.69, 9.17) is 0 Å². The standard InChI is InChI=1S/C14H15F3O2S/c1-12(8-13(19,9-18)14(15,16)17)6-7-20-11-5-3-2-4-10(11)12/h2-5,9,19H,6-8H2,1H3. The lowest BCUT2D eigenvalue weighted by atomic mass is 9.71. The number of fused-ring (bicyclic) bond motifs is 1. The number of aliphatic hydroxyl groups is 1. The summed E-state index contributed by atoms with van der Waals surface area (Å²) in [7, 11) is 0. The van der Waals surface area contributed by atoms with Crippen LogP contribution in [0.2, 0.25) is 0 Å². The molecule has 1 aliphatic rings. The lowest BCUT2D eigenvalue weighted by Crippen LogP contribution is -2.51. The van der Waals surface area contributed by atoms with Gasteiger partial charge in [0.25, 0.3) is 0 Å². The highest BCUT2D eigenvalue weighted by Crippen LogP contribution is 2.48. The molecule has 1 heterocycles. The Balaban J connectivity index is 2.40. The molecule has 6 heteroatoms. The largest absolute Gasteiger partial charge is 0.424 e. The van der Waals surface area contributed by atoms with Crippen LogP contribution in [0.3, 0.4) is 0 Å². The number of alkyl halides is 3. The molecule has 0 aliphatic carbocycles. The van der Waals surface area contributed by atoms with Crippen molar-refractivity contribution >= 4 is 18.0 Å². The smallest absolute Gasteiger partial charge is 0.374 e. The second kappa shape index (κ2) is 5.07. The van der Waals surface area contributed by atoms with Crippen LogP contribution in [0.15, 0.2) is 29.2 Å². The summed E-state index contributed by atoms with van der Waals surface area (Å²) in [5.74, 6) is 0.667. The van der Waals surface area contributed by atoms with Crippen molar-refractivity contribution in [2.45, 2.75) is 41.9 Å². The van der Waals surface area contributed by atoms with Crippen LogP contribution in [0.4, 0.5) is 13.2 Å². The molecule has 0 saturated heterocycles. The molecule has 2 unspecified atom stereocenters. The van der Waals surface area contributed by atoms with Gasteiger partial charge in [0.1, 0.15) is 0 Å². The van der Waals surface area contributed by atoms with Gasteiger partial charge in [0.05, 0.1) is 0 Å². The average Bonchev–Trinajstić information content (AvgIpc) is 2.37. The number of rotatable bonds is 3. The van der Waals surface area contributed by atoms with Gasteiger partial charge in [0.2, 0.25) is 5.60 Å². The highest BCUT2D eigenvalue weighted by Gasteiger charge is 2.57. The monoisotopic (exact) mass is 304 g/mol. The zero-order chi connectivity index (χ0) is 15.0. The first-order valence-corrected chi connectivity index (χ1v) is 7.18.